The fourth-order valence-electron chi connectivity index (χ4n) is 3.07. The number of carbonyl (C=O) groups is 1. The molecule has 0 heterocycles. The van der Waals surface area contributed by atoms with Crippen molar-refractivity contribution in [2.24, 2.45) is 5.92 Å². The lowest BCUT2D eigenvalue weighted by Gasteiger charge is -2.21. The second-order valence-electron chi connectivity index (χ2n) is 7.69. The largest absolute Gasteiger partial charge is 0.493 e. The van der Waals surface area contributed by atoms with E-state index in [9.17, 15) is 4.79 Å². The molecule has 2 rings (SSSR count). The van der Waals surface area contributed by atoms with Crippen molar-refractivity contribution in [2.45, 2.75) is 33.7 Å². The average molecular weight is 416 g/mol. The number of hydrogen-bond acceptors (Lipinski definition) is 5. The zero-order valence-electron chi connectivity index (χ0n) is 19.1. The van der Waals surface area contributed by atoms with Crippen molar-refractivity contribution in [3.63, 3.8) is 0 Å². The molecule has 6 nitrogen and oxygen atoms in total. The molecule has 2 aromatic carbocycles. The minimum atomic E-state index is -0.101. The Morgan fingerprint density at radius 3 is 2.13 bits per heavy atom. The molecule has 0 bridgehead atoms. The van der Waals surface area contributed by atoms with Crippen LogP contribution in [0.15, 0.2) is 30.3 Å². The standard InChI is InChI=1S/C24H33NO5/c1-16(2)10-11-30-20-9-8-18(13-22(20)28-6)24(26)25(4)15-19-14-23(29-7)21(27-5)12-17(19)3/h8-9,12-14,16H,10-11,15H2,1-7H3. The molecule has 30 heavy (non-hydrogen) atoms. The summed E-state index contributed by atoms with van der Waals surface area (Å²) < 4.78 is 22.0. The molecule has 0 fully saturated rings. The third-order valence-electron chi connectivity index (χ3n) is 4.96. The third kappa shape index (κ3) is 5.81. The predicted molar refractivity (Wildman–Crippen MR) is 118 cm³/mol. The minimum absolute atomic E-state index is 0.101. The van der Waals surface area contributed by atoms with Crippen LogP contribution < -0.4 is 18.9 Å². The Kier molecular flexibility index (Phi) is 8.39. The van der Waals surface area contributed by atoms with Gasteiger partial charge in [-0.1, -0.05) is 13.8 Å². The van der Waals surface area contributed by atoms with Gasteiger partial charge >= 0.3 is 0 Å². The lowest BCUT2D eigenvalue weighted by Crippen LogP contribution is -2.26. The molecule has 0 unspecified atom stereocenters. The van der Waals surface area contributed by atoms with E-state index >= 15 is 0 Å². The van der Waals surface area contributed by atoms with Crippen molar-refractivity contribution in [2.75, 3.05) is 35.0 Å². The summed E-state index contributed by atoms with van der Waals surface area (Å²) in [4.78, 5) is 14.7. The number of aryl methyl sites for hydroxylation is 1. The van der Waals surface area contributed by atoms with E-state index in [4.69, 9.17) is 18.9 Å². The van der Waals surface area contributed by atoms with Crippen LogP contribution in [0.3, 0.4) is 0 Å². The minimum Gasteiger partial charge on any atom is -0.493 e. The van der Waals surface area contributed by atoms with E-state index in [0.717, 1.165) is 17.5 Å². The van der Waals surface area contributed by atoms with E-state index in [-0.39, 0.29) is 5.91 Å². The van der Waals surface area contributed by atoms with Crippen molar-refractivity contribution in [1.82, 2.24) is 4.90 Å². The van der Waals surface area contributed by atoms with E-state index in [1.165, 1.54) is 0 Å². The fraction of sp³-hybridized carbons (Fsp3) is 0.458. The van der Waals surface area contributed by atoms with Gasteiger partial charge in [-0.15, -0.1) is 0 Å². The Morgan fingerprint density at radius 1 is 0.933 bits per heavy atom. The Hall–Kier alpha value is -2.89. The quantitative estimate of drug-likeness (QED) is 0.562. The van der Waals surface area contributed by atoms with Crippen molar-refractivity contribution in [3.05, 3.63) is 47.0 Å². The molecule has 6 heteroatoms. The van der Waals surface area contributed by atoms with Gasteiger partial charge in [0.25, 0.3) is 5.91 Å². The molecular formula is C24H33NO5. The normalized spacial score (nSPS) is 10.7. The number of hydrogen-bond donors (Lipinski definition) is 0. The van der Waals surface area contributed by atoms with Crippen LogP contribution in [0.5, 0.6) is 23.0 Å². The van der Waals surface area contributed by atoms with Gasteiger partial charge in [-0.2, -0.15) is 0 Å². The molecule has 0 aromatic heterocycles. The Labute approximate surface area is 179 Å². The summed E-state index contributed by atoms with van der Waals surface area (Å²) in [5.41, 5.74) is 2.56. The van der Waals surface area contributed by atoms with E-state index in [1.807, 2.05) is 19.1 Å². The van der Waals surface area contributed by atoms with Crippen LogP contribution in [0.4, 0.5) is 0 Å². The number of rotatable bonds is 10. The molecule has 0 aliphatic rings. The number of amides is 1. The predicted octanol–water partition coefficient (Wildman–Crippen LogP) is 4.72. The van der Waals surface area contributed by atoms with E-state index in [1.54, 1.807) is 51.5 Å². The first-order valence-corrected chi connectivity index (χ1v) is 10.1. The van der Waals surface area contributed by atoms with Crippen molar-refractivity contribution < 1.29 is 23.7 Å². The molecular weight excluding hydrogens is 382 g/mol. The molecule has 0 aliphatic carbocycles. The second-order valence-corrected chi connectivity index (χ2v) is 7.69. The molecule has 0 atom stereocenters. The van der Waals surface area contributed by atoms with Gasteiger partial charge in [-0.3, -0.25) is 4.79 Å². The van der Waals surface area contributed by atoms with Crippen LogP contribution in [-0.2, 0) is 6.54 Å². The maximum Gasteiger partial charge on any atom is 0.254 e. The Morgan fingerprint density at radius 2 is 1.53 bits per heavy atom. The van der Waals surface area contributed by atoms with Crippen LogP contribution in [0.1, 0.15) is 41.8 Å². The molecule has 0 radical (unpaired) electrons. The lowest BCUT2D eigenvalue weighted by atomic mass is 10.1. The molecule has 0 saturated carbocycles. The van der Waals surface area contributed by atoms with Gasteiger partial charge in [0.05, 0.1) is 27.9 Å². The first-order valence-electron chi connectivity index (χ1n) is 10.1. The zero-order chi connectivity index (χ0) is 22.3. The molecule has 0 saturated heterocycles. The Balaban J connectivity index is 2.16. The summed E-state index contributed by atoms with van der Waals surface area (Å²) in [5.74, 6) is 2.98. The number of ether oxygens (including phenoxy) is 4. The van der Waals surface area contributed by atoms with Gasteiger partial charge in [0.15, 0.2) is 23.0 Å². The SMILES string of the molecule is COc1cc(C)c(CN(C)C(=O)c2ccc(OCCC(C)C)c(OC)c2)cc1OC. The van der Waals surface area contributed by atoms with Crippen molar-refractivity contribution >= 4 is 5.91 Å². The summed E-state index contributed by atoms with van der Waals surface area (Å²) in [6.45, 7) is 7.35. The first-order chi connectivity index (χ1) is 14.3. The maximum absolute atomic E-state index is 13.0. The van der Waals surface area contributed by atoms with E-state index < -0.39 is 0 Å². The molecule has 0 N–H and O–H groups in total. The van der Waals surface area contributed by atoms with Crippen molar-refractivity contribution in [3.8, 4) is 23.0 Å². The third-order valence-corrected chi connectivity index (χ3v) is 4.96. The number of methoxy groups -OCH3 is 3. The van der Waals surface area contributed by atoms with Crippen LogP contribution >= 0.6 is 0 Å². The molecule has 0 spiro atoms. The highest BCUT2D eigenvalue weighted by atomic mass is 16.5. The van der Waals surface area contributed by atoms with Gasteiger partial charge in [0.1, 0.15) is 0 Å². The van der Waals surface area contributed by atoms with Gasteiger partial charge in [0, 0.05) is 19.2 Å². The topological polar surface area (TPSA) is 57.2 Å². The van der Waals surface area contributed by atoms with Crippen LogP contribution in [0.25, 0.3) is 0 Å². The fourth-order valence-corrected chi connectivity index (χ4v) is 3.07. The van der Waals surface area contributed by atoms with E-state index in [0.29, 0.717) is 47.6 Å². The van der Waals surface area contributed by atoms with Crippen molar-refractivity contribution in [1.29, 1.82) is 0 Å². The smallest absolute Gasteiger partial charge is 0.254 e. The van der Waals surface area contributed by atoms with Gasteiger partial charge in [-0.25, -0.2) is 0 Å². The second kappa shape index (κ2) is 10.8. The lowest BCUT2D eigenvalue weighted by molar-refractivity contribution is 0.0784. The van der Waals surface area contributed by atoms with E-state index in [2.05, 4.69) is 13.8 Å². The number of nitrogens with zero attached hydrogens (tertiary/aromatic N) is 1. The molecule has 2 aromatic rings. The monoisotopic (exact) mass is 415 g/mol. The summed E-state index contributed by atoms with van der Waals surface area (Å²) >= 11 is 0. The highest BCUT2D eigenvalue weighted by Crippen LogP contribution is 2.32. The summed E-state index contributed by atoms with van der Waals surface area (Å²) in [6, 6.07) is 9.11. The van der Waals surface area contributed by atoms with Crippen LogP contribution in [-0.4, -0.2) is 45.8 Å². The molecule has 0 aliphatic heterocycles. The highest BCUT2D eigenvalue weighted by molar-refractivity contribution is 5.94. The van der Waals surface area contributed by atoms with Gasteiger partial charge in [0.2, 0.25) is 0 Å². The summed E-state index contributed by atoms with van der Waals surface area (Å²) in [5, 5.41) is 0. The average Bonchev–Trinajstić information content (AvgIpc) is 2.74. The first kappa shape index (κ1) is 23.4. The molecule has 164 valence electrons. The van der Waals surface area contributed by atoms with Gasteiger partial charge in [-0.05, 0) is 60.7 Å². The zero-order valence-corrected chi connectivity index (χ0v) is 19.1. The highest BCUT2D eigenvalue weighted by Gasteiger charge is 2.17. The van der Waals surface area contributed by atoms with Crippen LogP contribution in [0, 0.1) is 12.8 Å². The Bertz CT molecular complexity index is 863. The summed E-state index contributed by atoms with van der Waals surface area (Å²) in [7, 11) is 6.56. The van der Waals surface area contributed by atoms with Crippen LogP contribution in [0.2, 0.25) is 0 Å². The maximum atomic E-state index is 13.0. The number of benzene rings is 2. The number of carbonyl (C=O) groups excluding carboxylic acids is 1. The van der Waals surface area contributed by atoms with Gasteiger partial charge < -0.3 is 23.8 Å². The molecule has 1 amide bonds. The summed E-state index contributed by atoms with van der Waals surface area (Å²) in [6.07, 6.45) is 0.956.